The van der Waals surface area contributed by atoms with Crippen molar-refractivity contribution in [2.24, 2.45) is 5.92 Å². The Morgan fingerprint density at radius 2 is 2.05 bits per heavy atom. The molecule has 1 aromatic rings. The van der Waals surface area contributed by atoms with E-state index in [0.29, 0.717) is 17.4 Å². The van der Waals surface area contributed by atoms with Crippen LogP contribution >= 0.6 is 11.6 Å². The number of sulfonamides is 1. The van der Waals surface area contributed by atoms with Crippen molar-refractivity contribution in [3.8, 4) is 0 Å². The number of aryl methyl sites for hydroxylation is 2. The Bertz CT molecular complexity index is 571. The lowest BCUT2D eigenvalue weighted by molar-refractivity contribution is 0.361. The Hall–Kier alpha value is -0.580. The van der Waals surface area contributed by atoms with Gasteiger partial charge in [0, 0.05) is 11.9 Å². The van der Waals surface area contributed by atoms with Crippen LogP contribution in [0, 0.1) is 19.8 Å². The lowest BCUT2D eigenvalue weighted by Crippen LogP contribution is -2.32. The summed E-state index contributed by atoms with van der Waals surface area (Å²) in [4.78, 5) is 0.376. The van der Waals surface area contributed by atoms with Gasteiger partial charge in [-0.15, -0.1) is 11.6 Å². The van der Waals surface area contributed by atoms with E-state index in [1.165, 1.54) is 0 Å². The van der Waals surface area contributed by atoms with Gasteiger partial charge >= 0.3 is 0 Å². The maximum absolute atomic E-state index is 12.3. The van der Waals surface area contributed by atoms with Crippen LogP contribution in [-0.2, 0) is 10.0 Å². The van der Waals surface area contributed by atoms with E-state index in [1.807, 2.05) is 26.0 Å². The highest BCUT2D eigenvalue weighted by Gasteiger charge is 2.23. The van der Waals surface area contributed by atoms with E-state index in [4.69, 9.17) is 11.6 Å². The summed E-state index contributed by atoms with van der Waals surface area (Å²) in [7, 11) is -3.42. The Morgan fingerprint density at radius 1 is 1.30 bits per heavy atom. The molecular formula is C15H22ClNO2S. The second kappa shape index (κ2) is 6.46. The van der Waals surface area contributed by atoms with E-state index in [2.05, 4.69) is 4.72 Å². The first-order valence-electron chi connectivity index (χ1n) is 7.09. The number of nitrogens with one attached hydrogen (secondary N) is 1. The molecule has 1 aliphatic carbocycles. The van der Waals surface area contributed by atoms with Crippen molar-refractivity contribution in [1.82, 2.24) is 4.72 Å². The molecule has 5 heteroatoms. The molecular weight excluding hydrogens is 294 g/mol. The summed E-state index contributed by atoms with van der Waals surface area (Å²) in [6.07, 6.45) is 4.08. The zero-order chi connectivity index (χ0) is 14.8. The molecule has 112 valence electrons. The minimum Gasteiger partial charge on any atom is -0.211 e. The molecule has 3 nitrogen and oxygen atoms in total. The van der Waals surface area contributed by atoms with Gasteiger partial charge in [-0.25, -0.2) is 13.1 Å². The maximum Gasteiger partial charge on any atom is 0.240 e. The van der Waals surface area contributed by atoms with Gasteiger partial charge in [0.05, 0.1) is 4.90 Å². The summed E-state index contributed by atoms with van der Waals surface area (Å²) in [5.74, 6) is 0.353. The molecule has 1 aliphatic rings. The van der Waals surface area contributed by atoms with Crippen molar-refractivity contribution in [1.29, 1.82) is 0 Å². The van der Waals surface area contributed by atoms with Crippen molar-refractivity contribution in [2.45, 2.75) is 49.8 Å². The van der Waals surface area contributed by atoms with Crippen molar-refractivity contribution >= 4 is 21.6 Å². The lowest BCUT2D eigenvalue weighted by Gasteiger charge is -2.25. The second-order valence-electron chi connectivity index (χ2n) is 5.75. The van der Waals surface area contributed by atoms with Crippen molar-refractivity contribution < 1.29 is 8.42 Å². The van der Waals surface area contributed by atoms with E-state index < -0.39 is 10.0 Å². The molecule has 2 unspecified atom stereocenters. The van der Waals surface area contributed by atoms with Crippen LogP contribution in [0.5, 0.6) is 0 Å². The van der Waals surface area contributed by atoms with Crippen molar-refractivity contribution in [2.75, 3.05) is 6.54 Å². The third kappa shape index (κ3) is 3.96. The molecule has 2 atom stereocenters. The third-order valence-corrected chi connectivity index (χ3v) is 5.88. The number of alkyl halides is 1. The van der Waals surface area contributed by atoms with Crippen LogP contribution in [0.15, 0.2) is 23.1 Å². The number of benzene rings is 1. The summed E-state index contributed by atoms with van der Waals surface area (Å²) in [6, 6.07) is 5.40. The highest BCUT2D eigenvalue weighted by Crippen LogP contribution is 2.27. The van der Waals surface area contributed by atoms with E-state index in [-0.39, 0.29) is 5.38 Å². The van der Waals surface area contributed by atoms with Crippen LogP contribution in [0.3, 0.4) is 0 Å². The topological polar surface area (TPSA) is 46.2 Å². The summed E-state index contributed by atoms with van der Waals surface area (Å²) >= 11 is 6.14. The van der Waals surface area contributed by atoms with Gasteiger partial charge in [0.15, 0.2) is 0 Å². The molecule has 0 aromatic heterocycles. The fourth-order valence-corrected chi connectivity index (χ4v) is 4.56. The smallest absolute Gasteiger partial charge is 0.211 e. The fraction of sp³-hybridized carbons (Fsp3) is 0.600. The van der Waals surface area contributed by atoms with Crippen LogP contribution in [0.2, 0.25) is 0 Å². The van der Waals surface area contributed by atoms with Crippen LogP contribution in [0.4, 0.5) is 0 Å². The molecule has 1 fully saturated rings. The van der Waals surface area contributed by atoms with Gasteiger partial charge in [0.25, 0.3) is 0 Å². The highest BCUT2D eigenvalue weighted by molar-refractivity contribution is 7.89. The van der Waals surface area contributed by atoms with Crippen molar-refractivity contribution in [3.05, 3.63) is 29.3 Å². The normalized spacial score (nSPS) is 23.8. The van der Waals surface area contributed by atoms with Gasteiger partial charge in [-0.2, -0.15) is 0 Å². The Labute approximate surface area is 126 Å². The first-order valence-corrected chi connectivity index (χ1v) is 9.01. The Balaban J connectivity index is 2.03. The lowest BCUT2D eigenvalue weighted by atomic mass is 9.89. The van der Waals surface area contributed by atoms with E-state index in [0.717, 1.165) is 36.8 Å². The quantitative estimate of drug-likeness (QED) is 0.866. The largest absolute Gasteiger partial charge is 0.240 e. The van der Waals surface area contributed by atoms with Crippen LogP contribution in [-0.4, -0.2) is 20.3 Å². The number of hydrogen-bond acceptors (Lipinski definition) is 2. The van der Waals surface area contributed by atoms with Gasteiger partial charge in [-0.3, -0.25) is 0 Å². The maximum atomic E-state index is 12.3. The van der Waals surface area contributed by atoms with Crippen LogP contribution in [0.25, 0.3) is 0 Å². The monoisotopic (exact) mass is 315 g/mol. The zero-order valence-electron chi connectivity index (χ0n) is 12.0. The Morgan fingerprint density at radius 3 is 2.70 bits per heavy atom. The van der Waals surface area contributed by atoms with E-state index >= 15 is 0 Å². The van der Waals surface area contributed by atoms with Gasteiger partial charge in [-0.1, -0.05) is 24.1 Å². The predicted octanol–water partition coefficient (Wildman–Crippen LogP) is 3.38. The standard InChI is InChI=1S/C15H22ClNO2S/c1-11-6-7-15(12(2)8-11)20(18,19)17-10-13-4-3-5-14(16)9-13/h6-8,13-14,17H,3-5,9-10H2,1-2H3. The molecule has 0 spiro atoms. The fourth-order valence-electron chi connectivity index (χ4n) is 2.82. The van der Waals surface area contributed by atoms with Crippen LogP contribution in [0.1, 0.15) is 36.8 Å². The number of halogens is 1. The van der Waals surface area contributed by atoms with Gasteiger partial charge in [0.1, 0.15) is 0 Å². The Kier molecular flexibility index (Phi) is 5.10. The van der Waals surface area contributed by atoms with E-state index in [1.54, 1.807) is 6.07 Å². The zero-order valence-corrected chi connectivity index (χ0v) is 13.6. The molecule has 1 aromatic carbocycles. The first-order chi connectivity index (χ1) is 9.38. The van der Waals surface area contributed by atoms with E-state index in [9.17, 15) is 8.42 Å². The van der Waals surface area contributed by atoms with Crippen molar-refractivity contribution in [3.63, 3.8) is 0 Å². The van der Waals surface area contributed by atoms with Crippen LogP contribution < -0.4 is 4.72 Å². The summed E-state index contributed by atoms with van der Waals surface area (Å²) in [5, 5.41) is 0.194. The summed E-state index contributed by atoms with van der Waals surface area (Å²) in [6.45, 7) is 4.27. The molecule has 2 rings (SSSR count). The molecule has 0 radical (unpaired) electrons. The average Bonchev–Trinajstić information content (AvgIpc) is 2.36. The first kappa shape index (κ1) is 15.8. The minimum absolute atomic E-state index is 0.194. The second-order valence-corrected chi connectivity index (χ2v) is 8.10. The predicted molar refractivity (Wildman–Crippen MR) is 82.7 cm³/mol. The minimum atomic E-state index is -3.42. The SMILES string of the molecule is Cc1ccc(S(=O)(=O)NCC2CCCC(Cl)C2)c(C)c1. The molecule has 20 heavy (non-hydrogen) atoms. The molecule has 0 heterocycles. The molecule has 0 amide bonds. The molecule has 1 N–H and O–H groups in total. The highest BCUT2D eigenvalue weighted by atomic mass is 35.5. The van der Waals surface area contributed by atoms with Gasteiger partial charge < -0.3 is 0 Å². The molecule has 1 saturated carbocycles. The summed E-state index contributed by atoms with van der Waals surface area (Å²) < 4.78 is 27.4. The summed E-state index contributed by atoms with van der Waals surface area (Å²) in [5.41, 5.74) is 1.86. The molecule has 0 aliphatic heterocycles. The average molecular weight is 316 g/mol. The van der Waals surface area contributed by atoms with Gasteiger partial charge in [-0.05, 0) is 50.7 Å². The number of hydrogen-bond donors (Lipinski definition) is 1. The molecule has 0 bridgehead atoms. The third-order valence-electron chi connectivity index (χ3n) is 3.90. The molecule has 0 saturated heterocycles. The number of rotatable bonds is 4. The van der Waals surface area contributed by atoms with Gasteiger partial charge in [0.2, 0.25) is 10.0 Å².